The highest BCUT2D eigenvalue weighted by Crippen LogP contribution is 2.15. The maximum atomic E-state index is 12.1. The summed E-state index contributed by atoms with van der Waals surface area (Å²) in [6.07, 6.45) is 3.36. The first-order valence-corrected chi connectivity index (χ1v) is 5.65. The average molecular weight is 224 g/mol. The molecule has 1 atom stereocenters. The molecule has 0 fully saturated rings. The van der Waals surface area contributed by atoms with Crippen LogP contribution in [-0.4, -0.2) is 29.3 Å². The van der Waals surface area contributed by atoms with Gasteiger partial charge in [-0.25, -0.2) is 0 Å². The lowest BCUT2D eigenvalue weighted by Gasteiger charge is -2.08. The van der Waals surface area contributed by atoms with Gasteiger partial charge in [0.1, 0.15) is 0 Å². The van der Waals surface area contributed by atoms with E-state index < -0.39 is 0 Å². The van der Waals surface area contributed by atoms with Crippen molar-refractivity contribution in [3.8, 4) is 0 Å². The Morgan fingerprint density at radius 2 is 2.31 bits per heavy atom. The first-order valence-electron chi connectivity index (χ1n) is 5.65. The van der Waals surface area contributed by atoms with E-state index in [2.05, 4.69) is 5.10 Å². The molecular weight excluding hydrogens is 204 g/mol. The summed E-state index contributed by atoms with van der Waals surface area (Å²) >= 11 is 0. The molecule has 4 heteroatoms. The van der Waals surface area contributed by atoms with Gasteiger partial charge in [-0.15, -0.1) is 0 Å². The van der Waals surface area contributed by atoms with Crippen molar-refractivity contribution in [2.45, 2.75) is 26.7 Å². The third-order valence-corrected chi connectivity index (χ3v) is 2.71. The lowest BCUT2D eigenvalue weighted by atomic mass is 9.96. The lowest BCUT2D eigenvalue weighted by molar-refractivity contribution is 0.0893. The van der Waals surface area contributed by atoms with Gasteiger partial charge in [-0.2, -0.15) is 5.10 Å². The molecule has 0 N–H and O–H groups in total. The van der Waals surface area contributed by atoms with E-state index >= 15 is 0 Å². The van der Waals surface area contributed by atoms with Crippen molar-refractivity contribution in [1.82, 2.24) is 9.78 Å². The van der Waals surface area contributed by atoms with Crippen molar-refractivity contribution in [3.63, 3.8) is 0 Å². The molecule has 0 bridgehead atoms. The van der Waals surface area contributed by atoms with Crippen LogP contribution in [0.15, 0.2) is 6.20 Å². The third-order valence-electron chi connectivity index (χ3n) is 2.71. The maximum Gasteiger partial charge on any atom is 0.169 e. The Hall–Kier alpha value is -1.16. The molecule has 0 saturated heterocycles. The number of carbonyl (C=O) groups is 1. The maximum absolute atomic E-state index is 12.1. The molecule has 90 valence electrons. The van der Waals surface area contributed by atoms with Gasteiger partial charge in [-0.05, 0) is 12.8 Å². The molecule has 16 heavy (non-hydrogen) atoms. The van der Waals surface area contributed by atoms with Gasteiger partial charge < -0.3 is 4.74 Å². The number of rotatable bonds is 6. The molecule has 0 radical (unpaired) electrons. The molecule has 0 aliphatic carbocycles. The second-order valence-electron chi connectivity index (χ2n) is 4.06. The predicted molar refractivity (Wildman–Crippen MR) is 62.6 cm³/mol. The summed E-state index contributed by atoms with van der Waals surface area (Å²) in [6, 6.07) is 0. The van der Waals surface area contributed by atoms with Crippen LogP contribution in [0.3, 0.4) is 0 Å². The molecule has 1 aromatic heterocycles. The van der Waals surface area contributed by atoms with Crippen molar-refractivity contribution >= 4 is 5.78 Å². The summed E-state index contributed by atoms with van der Waals surface area (Å²) in [5, 5.41) is 4.28. The fourth-order valence-corrected chi connectivity index (χ4v) is 1.69. The van der Waals surface area contributed by atoms with Gasteiger partial charge in [-0.3, -0.25) is 9.48 Å². The lowest BCUT2D eigenvalue weighted by Crippen LogP contribution is -2.14. The second-order valence-corrected chi connectivity index (χ2v) is 4.06. The zero-order valence-corrected chi connectivity index (χ0v) is 10.5. The Balaban J connectivity index is 2.78. The van der Waals surface area contributed by atoms with Crippen LogP contribution in [0.25, 0.3) is 0 Å². The van der Waals surface area contributed by atoms with Crippen LogP contribution in [0.1, 0.15) is 36.3 Å². The minimum atomic E-state index is -0.00514. The van der Waals surface area contributed by atoms with Crippen LogP contribution in [0, 0.1) is 5.92 Å². The van der Waals surface area contributed by atoms with Gasteiger partial charge in [0.2, 0.25) is 0 Å². The SMILES string of the molecule is CCc1nn(C)cc1C(=O)C(C)CCOC. The summed E-state index contributed by atoms with van der Waals surface area (Å²) < 4.78 is 6.69. The smallest absolute Gasteiger partial charge is 0.169 e. The number of methoxy groups -OCH3 is 1. The van der Waals surface area contributed by atoms with Crippen molar-refractivity contribution < 1.29 is 9.53 Å². The van der Waals surface area contributed by atoms with Gasteiger partial charge in [0.15, 0.2) is 5.78 Å². The Morgan fingerprint density at radius 1 is 1.62 bits per heavy atom. The Labute approximate surface area is 96.6 Å². The summed E-state index contributed by atoms with van der Waals surface area (Å²) in [6.45, 7) is 4.57. The molecule has 0 aliphatic rings. The largest absolute Gasteiger partial charge is 0.385 e. The molecule has 0 saturated carbocycles. The minimum absolute atomic E-state index is 0.00514. The Kier molecular flexibility index (Phi) is 4.68. The van der Waals surface area contributed by atoms with Crippen LogP contribution in [-0.2, 0) is 18.2 Å². The number of nitrogens with zero attached hydrogens (tertiary/aromatic N) is 2. The van der Waals surface area contributed by atoms with E-state index in [-0.39, 0.29) is 11.7 Å². The molecule has 0 spiro atoms. The number of aryl methyl sites for hydroxylation is 2. The molecule has 0 amide bonds. The molecule has 1 rings (SSSR count). The molecule has 1 heterocycles. The summed E-state index contributed by atoms with van der Waals surface area (Å²) in [4.78, 5) is 12.1. The fourth-order valence-electron chi connectivity index (χ4n) is 1.69. The molecule has 0 aromatic carbocycles. The summed E-state index contributed by atoms with van der Waals surface area (Å²) in [7, 11) is 3.49. The van der Waals surface area contributed by atoms with Gasteiger partial charge in [0, 0.05) is 32.9 Å². The number of aromatic nitrogens is 2. The first-order chi connectivity index (χ1) is 7.60. The van der Waals surface area contributed by atoms with Crippen LogP contribution >= 0.6 is 0 Å². The standard InChI is InChI=1S/C12H20N2O2/c1-5-11-10(8-14(3)13-11)12(15)9(2)6-7-16-4/h8-9H,5-7H2,1-4H3. The van der Waals surface area contributed by atoms with E-state index in [1.54, 1.807) is 11.8 Å². The molecular formula is C12H20N2O2. The van der Waals surface area contributed by atoms with Crippen molar-refractivity contribution in [2.75, 3.05) is 13.7 Å². The number of carbonyl (C=O) groups excluding carboxylic acids is 1. The van der Waals surface area contributed by atoms with E-state index in [0.717, 1.165) is 24.1 Å². The van der Waals surface area contributed by atoms with E-state index in [9.17, 15) is 4.79 Å². The quantitative estimate of drug-likeness (QED) is 0.692. The number of hydrogen-bond donors (Lipinski definition) is 0. The predicted octanol–water partition coefficient (Wildman–Crippen LogP) is 1.84. The molecule has 1 unspecified atom stereocenters. The molecule has 0 aliphatic heterocycles. The summed E-state index contributed by atoms with van der Waals surface area (Å²) in [5.41, 5.74) is 1.64. The van der Waals surface area contributed by atoms with Gasteiger partial charge in [0.25, 0.3) is 0 Å². The zero-order valence-electron chi connectivity index (χ0n) is 10.5. The number of ketones is 1. The average Bonchev–Trinajstić information content (AvgIpc) is 2.66. The van der Waals surface area contributed by atoms with Crippen molar-refractivity contribution in [1.29, 1.82) is 0 Å². The van der Waals surface area contributed by atoms with Gasteiger partial charge in [0.05, 0.1) is 11.3 Å². The highest BCUT2D eigenvalue weighted by molar-refractivity contribution is 5.98. The van der Waals surface area contributed by atoms with E-state index in [4.69, 9.17) is 4.74 Å². The first kappa shape index (κ1) is 12.9. The highest BCUT2D eigenvalue weighted by Gasteiger charge is 2.19. The molecule has 4 nitrogen and oxygen atoms in total. The highest BCUT2D eigenvalue weighted by atomic mass is 16.5. The fraction of sp³-hybridized carbons (Fsp3) is 0.667. The van der Waals surface area contributed by atoms with Crippen molar-refractivity contribution in [3.05, 3.63) is 17.5 Å². The van der Waals surface area contributed by atoms with Crippen LogP contribution in [0.4, 0.5) is 0 Å². The monoisotopic (exact) mass is 224 g/mol. The zero-order chi connectivity index (χ0) is 12.1. The van der Waals surface area contributed by atoms with Crippen LogP contribution in [0.2, 0.25) is 0 Å². The van der Waals surface area contributed by atoms with Gasteiger partial charge >= 0.3 is 0 Å². The third kappa shape index (κ3) is 2.92. The normalized spacial score (nSPS) is 12.8. The summed E-state index contributed by atoms with van der Waals surface area (Å²) in [5.74, 6) is 0.163. The number of Topliss-reactive ketones (excluding diaryl/α,β-unsaturated/α-hetero) is 1. The van der Waals surface area contributed by atoms with E-state index in [1.807, 2.05) is 27.1 Å². The van der Waals surface area contributed by atoms with E-state index in [1.165, 1.54) is 0 Å². The Bertz CT molecular complexity index is 358. The topological polar surface area (TPSA) is 44.1 Å². The van der Waals surface area contributed by atoms with Crippen LogP contribution < -0.4 is 0 Å². The Morgan fingerprint density at radius 3 is 2.88 bits per heavy atom. The second kappa shape index (κ2) is 5.80. The number of ether oxygens (including phenoxy) is 1. The van der Waals surface area contributed by atoms with Gasteiger partial charge in [-0.1, -0.05) is 13.8 Å². The molecule has 1 aromatic rings. The number of hydrogen-bond acceptors (Lipinski definition) is 3. The van der Waals surface area contributed by atoms with Crippen molar-refractivity contribution in [2.24, 2.45) is 13.0 Å². The van der Waals surface area contributed by atoms with Crippen LogP contribution in [0.5, 0.6) is 0 Å². The minimum Gasteiger partial charge on any atom is -0.385 e. The van der Waals surface area contributed by atoms with E-state index in [0.29, 0.717) is 6.61 Å².